The van der Waals surface area contributed by atoms with Crippen LogP contribution >= 0.6 is 11.6 Å². The van der Waals surface area contributed by atoms with Crippen LogP contribution in [0.2, 0.25) is 5.02 Å². The highest BCUT2D eigenvalue weighted by molar-refractivity contribution is 6.31. The van der Waals surface area contributed by atoms with E-state index in [4.69, 9.17) is 11.6 Å². The summed E-state index contributed by atoms with van der Waals surface area (Å²) in [5, 5.41) is 1.44. The number of amides is 2. The predicted octanol–water partition coefficient (Wildman–Crippen LogP) is 3.12. The van der Waals surface area contributed by atoms with E-state index in [1.807, 2.05) is 18.7 Å². The minimum absolute atomic E-state index is 0.00905. The van der Waals surface area contributed by atoms with E-state index in [0.717, 1.165) is 12.8 Å². The van der Waals surface area contributed by atoms with Crippen LogP contribution in [0, 0.1) is 5.82 Å². The smallest absolute Gasteiger partial charge is 0.301 e. The third kappa shape index (κ3) is 2.07. The maximum Gasteiger partial charge on any atom is 0.340 e. The second-order valence-corrected chi connectivity index (χ2v) is 5.90. The second-order valence-electron chi connectivity index (χ2n) is 5.49. The SMILES string of the molecule is CC1(C)NN(c2ccc(F)c(Cl)c2)C(=O)N1C1CC1. The molecule has 1 aromatic rings. The van der Waals surface area contributed by atoms with E-state index in [9.17, 15) is 9.18 Å². The number of benzene rings is 1. The molecule has 19 heavy (non-hydrogen) atoms. The molecule has 0 spiro atoms. The van der Waals surface area contributed by atoms with E-state index in [2.05, 4.69) is 5.43 Å². The maximum atomic E-state index is 13.2. The summed E-state index contributed by atoms with van der Waals surface area (Å²) in [6, 6.07) is 4.44. The first-order valence-corrected chi connectivity index (χ1v) is 6.64. The monoisotopic (exact) mass is 283 g/mol. The van der Waals surface area contributed by atoms with E-state index in [1.165, 1.54) is 17.1 Å². The topological polar surface area (TPSA) is 35.6 Å². The van der Waals surface area contributed by atoms with Gasteiger partial charge in [-0.25, -0.2) is 19.6 Å². The summed E-state index contributed by atoms with van der Waals surface area (Å²) in [5.41, 5.74) is 3.25. The Morgan fingerprint density at radius 1 is 1.42 bits per heavy atom. The van der Waals surface area contributed by atoms with Gasteiger partial charge in [-0.05, 0) is 44.9 Å². The van der Waals surface area contributed by atoms with Crippen LogP contribution in [0.3, 0.4) is 0 Å². The number of hydrogen-bond acceptors (Lipinski definition) is 2. The van der Waals surface area contributed by atoms with Gasteiger partial charge in [0.2, 0.25) is 0 Å². The highest BCUT2D eigenvalue weighted by Gasteiger charge is 2.50. The fourth-order valence-corrected chi connectivity index (χ4v) is 2.64. The zero-order valence-electron chi connectivity index (χ0n) is 10.8. The van der Waals surface area contributed by atoms with Crippen molar-refractivity contribution in [3.8, 4) is 0 Å². The lowest BCUT2D eigenvalue weighted by molar-refractivity contribution is 0.155. The van der Waals surface area contributed by atoms with E-state index < -0.39 is 11.5 Å². The molecule has 1 saturated heterocycles. The van der Waals surface area contributed by atoms with Crippen LogP contribution in [0.1, 0.15) is 26.7 Å². The van der Waals surface area contributed by atoms with Gasteiger partial charge in [-0.15, -0.1) is 0 Å². The second kappa shape index (κ2) is 4.08. The highest BCUT2D eigenvalue weighted by Crippen LogP contribution is 2.37. The Hall–Kier alpha value is -1.33. The van der Waals surface area contributed by atoms with E-state index in [0.29, 0.717) is 11.7 Å². The molecule has 102 valence electrons. The molecule has 2 fully saturated rings. The molecule has 1 saturated carbocycles. The maximum absolute atomic E-state index is 13.2. The molecule has 3 rings (SSSR count). The Bertz CT molecular complexity index is 545. The average molecular weight is 284 g/mol. The van der Waals surface area contributed by atoms with Gasteiger partial charge in [0.05, 0.1) is 10.7 Å². The van der Waals surface area contributed by atoms with Gasteiger partial charge in [0, 0.05) is 6.04 Å². The van der Waals surface area contributed by atoms with Crippen LogP contribution < -0.4 is 10.4 Å². The van der Waals surface area contributed by atoms with Gasteiger partial charge in [-0.1, -0.05) is 11.6 Å². The molecule has 0 atom stereocenters. The number of carbonyl (C=O) groups is 1. The summed E-state index contributed by atoms with van der Waals surface area (Å²) in [4.78, 5) is 14.3. The predicted molar refractivity (Wildman–Crippen MR) is 71.4 cm³/mol. The van der Waals surface area contributed by atoms with Gasteiger partial charge < -0.3 is 4.90 Å². The normalized spacial score (nSPS) is 22.2. The molecular weight excluding hydrogens is 269 g/mol. The lowest BCUT2D eigenvalue weighted by Gasteiger charge is -2.28. The van der Waals surface area contributed by atoms with Crippen molar-refractivity contribution in [1.82, 2.24) is 10.3 Å². The molecule has 0 bridgehead atoms. The van der Waals surface area contributed by atoms with Gasteiger partial charge in [-0.2, -0.15) is 0 Å². The van der Waals surface area contributed by atoms with Crippen LogP contribution in [0.5, 0.6) is 0 Å². The number of hydrazine groups is 1. The molecule has 0 aromatic heterocycles. The van der Waals surface area contributed by atoms with Gasteiger partial charge in [0.25, 0.3) is 0 Å². The zero-order chi connectivity index (χ0) is 13.8. The van der Waals surface area contributed by atoms with Crippen molar-refractivity contribution < 1.29 is 9.18 Å². The number of nitrogens with zero attached hydrogens (tertiary/aromatic N) is 2. The number of urea groups is 1. The molecule has 4 nitrogen and oxygen atoms in total. The van der Waals surface area contributed by atoms with Crippen molar-refractivity contribution in [2.45, 2.75) is 38.4 Å². The molecule has 1 aliphatic carbocycles. The summed E-state index contributed by atoms with van der Waals surface area (Å²) in [5.74, 6) is -0.490. The number of anilines is 1. The number of hydrogen-bond donors (Lipinski definition) is 1. The zero-order valence-corrected chi connectivity index (χ0v) is 11.5. The summed E-state index contributed by atoms with van der Waals surface area (Å²) >= 11 is 5.77. The van der Waals surface area contributed by atoms with Gasteiger partial charge in [0.1, 0.15) is 11.5 Å². The Balaban J connectivity index is 1.93. The highest BCUT2D eigenvalue weighted by atomic mass is 35.5. The minimum Gasteiger partial charge on any atom is -0.301 e. The van der Waals surface area contributed by atoms with Crippen molar-refractivity contribution in [3.05, 3.63) is 29.0 Å². The molecule has 0 radical (unpaired) electrons. The summed E-state index contributed by atoms with van der Waals surface area (Å²) in [7, 11) is 0. The average Bonchev–Trinajstić information content (AvgIpc) is 3.10. The molecule has 2 amide bonds. The lowest BCUT2D eigenvalue weighted by atomic mass is 10.2. The first-order valence-electron chi connectivity index (χ1n) is 6.26. The van der Waals surface area contributed by atoms with Gasteiger partial charge >= 0.3 is 6.03 Å². The number of carbonyl (C=O) groups excluding carboxylic acids is 1. The first-order chi connectivity index (χ1) is 8.90. The largest absolute Gasteiger partial charge is 0.340 e. The summed E-state index contributed by atoms with van der Waals surface area (Å²) in [6.45, 7) is 3.91. The Kier molecular flexibility index (Phi) is 2.73. The van der Waals surface area contributed by atoms with Crippen molar-refractivity contribution in [1.29, 1.82) is 0 Å². The van der Waals surface area contributed by atoms with Crippen LogP contribution in [-0.2, 0) is 0 Å². The molecule has 1 N–H and O–H groups in total. The third-order valence-corrected chi connectivity index (χ3v) is 3.75. The first kappa shape index (κ1) is 12.7. The van der Waals surface area contributed by atoms with Crippen LogP contribution in [0.4, 0.5) is 14.9 Å². The fourth-order valence-electron chi connectivity index (χ4n) is 2.47. The van der Waals surface area contributed by atoms with Gasteiger partial charge in [-0.3, -0.25) is 0 Å². The van der Waals surface area contributed by atoms with Crippen molar-refractivity contribution >= 4 is 23.3 Å². The molecular formula is C13H15ClFN3O. The van der Waals surface area contributed by atoms with Crippen molar-refractivity contribution in [3.63, 3.8) is 0 Å². The number of rotatable bonds is 2. The summed E-state index contributed by atoms with van der Waals surface area (Å²) in [6.07, 6.45) is 2.07. The molecule has 1 heterocycles. The Labute approximate surface area is 116 Å². The van der Waals surface area contributed by atoms with E-state index in [1.54, 1.807) is 6.07 Å². The minimum atomic E-state index is -0.490. The molecule has 6 heteroatoms. The standard InChI is InChI=1S/C13H15ClFN3O/c1-13(2)16-18(12(19)17(13)8-3-4-8)9-5-6-11(15)10(14)7-9/h5-8,16H,3-4H2,1-2H3. The van der Waals surface area contributed by atoms with Crippen LogP contribution in [0.15, 0.2) is 18.2 Å². The summed E-state index contributed by atoms with van der Waals surface area (Å²) < 4.78 is 13.2. The fraction of sp³-hybridized carbons (Fsp3) is 0.462. The number of halogens is 2. The quantitative estimate of drug-likeness (QED) is 0.905. The molecule has 1 aliphatic heterocycles. The van der Waals surface area contributed by atoms with E-state index >= 15 is 0 Å². The van der Waals surface area contributed by atoms with E-state index in [-0.39, 0.29) is 11.1 Å². The Morgan fingerprint density at radius 3 is 2.68 bits per heavy atom. The van der Waals surface area contributed by atoms with Crippen molar-refractivity contribution in [2.75, 3.05) is 5.01 Å². The molecule has 0 unspecified atom stereocenters. The third-order valence-electron chi connectivity index (χ3n) is 3.46. The lowest BCUT2D eigenvalue weighted by Crippen LogP contribution is -2.48. The van der Waals surface area contributed by atoms with Gasteiger partial charge in [0.15, 0.2) is 0 Å². The molecule has 1 aromatic carbocycles. The van der Waals surface area contributed by atoms with Crippen LogP contribution in [-0.4, -0.2) is 22.6 Å². The number of nitrogens with one attached hydrogen (secondary N) is 1. The Morgan fingerprint density at radius 2 is 2.11 bits per heavy atom. The van der Waals surface area contributed by atoms with Crippen LogP contribution in [0.25, 0.3) is 0 Å². The molecule has 2 aliphatic rings. The van der Waals surface area contributed by atoms with Crippen molar-refractivity contribution in [2.24, 2.45) is 0 Å².